The lowest BCUT2D eigenvalue weighted by Crippen LogP contribution is -2.42. The number of aliphatic hydroxyl groups excluding tert-OH is 3. The Morgan fingerprint density at radius 3 is 1.33 bits per heavy atom. The molecule has 0 rings (SSSR count). The Bertz CT molecular complexity index is 406. The summed E-state index contributed by atoms with van der Waals surface area (Å²) < 4.78 is 0. The molecule has 0 aromatic rings. The third kappa shape index (κ3) is 18.7. The predicted molar refractivity (Wildman–Crippen MR) is 115 cm³/mol. The van der Waals surface area contributed by atoms with Gasteiger partial charge in [0.05, 0.1) is 19.3 Å². The molecule has 9 nitrogen and oxygen atoms in total. The number of carboxylic acids is 2. The van der Waals surface area contributed by atoms with Crippen LogP contribution in [0.4, 0.5) is 0 Å². The molecule has 0 aliphatic rings. The van der Waals surface area contributed by atoms with Crippen LogP contribution in [0.1, 0.15) is 64.2 Å². The van der Waals surface area contributed by atoms with E-state index in [9.17, 15) is 14.7 Å². The average Bonchev–Trinajstić information content (AvgIpc) is 2.66. The maximum Gasteiger partial charge on any atom is 0.303 e. The first-order valence-electron chi connectivity index (χ1n) is 11.2. The minimum Gasteiger partial charge on any atom is -0.481 e. The van der Waals surface area contributed by atoms with Crippen LogP contribution in [0.5, 0.6) is 0 Å². The van der Waals surface area contributed by atoms with Crippen LogP contribution >= 0.6 is 0 Å². The fourth-order valence-corrected chi connectivity index (χ4v) is 3.46. The van der Waals surface area contributed by atoms with Crippen molar-refractivity contribution in [2.24, 2.45) is 0 Å². The van der Waals surface area contributed by atoms with Gasteiger partial charge in [-0.2, -0.15) is 0 Å². The fourth-order valence-electron chi connectivity index (χ4n) is 3.46. The number of hydrogen-bond acceptors (Lipinski definition) is 7. The molecular formula is C21H42N2O7. The van der Waals surface area contributed by atoms with Gasteiger partial charge in [-0.25, -0.2) is 0 Å². The van der Waals surface area contributed by atoms with Gasteiger partial charge in [-0.3, -0.25) is 14.5 Å². The molecule has 0 heterocycles. The van der Waals surface area contributed by atoms with E-state index >= 15 is 0 Å². The first-order chi connectivity index (χ1) is 14.4. The molecule has 1 atom stereocenters. The van der Waals surface area contributed by atoms with E-state index in [0.29, 0.717) is 39.0 Å². The molecule has 0 fully saturated rings. The molecular weight excluding hydrogens is 392 g/mol. The molecule has 5 N–H and O–H groups in total. The zero-order chi connectivity index (χ0) is 22.6. The molecule has 0 aromatic carbocycles. The number of rotatable bonds is 22. The minimum atomic E-state index is -0.766. The number of aliphatic hydroxyl groups is 3. The van der Waals surface area contributed by atoms with Gasteiger partial charge in [0.2, 0.25) is 0 Å². The SMILES string of the molecule is O=C(O)CCCCCCN(CCCCCCC(=O)O)CC(O)CN(CCO)CCO. The quantitative estimate of drug-likeness (QED) is 0.158. The van der Waals surface area contributed by atoms with Crippen LogP contribution < -0.4 is 0 Å². The van der Waals surface area contributed by atoms with E-state index in [1.54, 1.807) is 0 Å². The van der Waals surface area contributed by atoms with Crippen molar-refractivity contribution in [1.29, 1.82) is 0 Å². The molecule has 178 valence electrons. The van der Waals surface area contributed by atoms with Crippen molar-refractivity contribution in [3.63, 3.8) is 0 Å². The lowest BCUT2D eigenvalue weighted by molar-refractivity contribution is -0.138. The number of carbonyl (C=O) groups is 2. The molecule has 0 aliphatic heterocycles. The second-order valence-corrected chi connectivity index (χ2v) is 7.82. The average molecular weight is 435 g/mol. The standard InChI is InChI=1S/C21H42N2O7/c24-15-13-23(14-16-25)18-19(26)17-22(11-7-3-1-5-9-20(27)28)12-8-4-2-6-10-21(29)30/h19,24-26H,1-18H2,(H,27,28)(H,29,30). The maximum absolute atomic E-state index is 10.6. The minimum absolute atomic E-state index is 0.0247. The van der Waals surface area contributed by atoms with Gasteiger partial charge in [-0.1, -0.05) is 25.7 Å². The van der Waals surface area contributed by atoms with Crippen molar-refractivity contribution in [3.8, 4) is 0 Å². The van der Waals surface area contributed by atoms with Crippen molar-refractivity contribution < 1.29 is 35.1 Å². The van der Waals surface area contributed by atoms with Crippen molar-refractivity contribution in [3.05, 3.63) is 0 Å². The van der Waals surface area contributed by atoms with Crippen molar-refractivity contribution in [2.45, 2.75) is 70.3 Å². The van der Waals surface area contributed by atoms with Gasteiger partial charge in [-0.05, 0) is 38.8 Å². The summed E-state index contributed by atoms with van der Waals surface area (Å²) in [5.74, 6) is -1.53. The molecule has 0 aromatic heterocycles. The van der Waals surface area contributed by atoms with E-state index in [0.717, 1.165) is 51.6 Å². The highest BCUT2D eigenvalue weighted by molar-refractivity contribution is 5.66. The Labute approximate surface area is 180 Å². The van der Waals surface area contributed by atoms with Gasteiger partial charge in [0.1, 0.15) is 0 Å². The smallest absolute Gasteiger partial charge is 0.303 e. The molecule has 0 radical (unpaired) electrons. The van der Waals surface area contributed by atoms with Gasteiger partial charge < -0.3 is 30.4 Å². The van der Waals surface area contributed by atoms with Gasteiger partial charge >= 0.3 is 11.9 Å². The molecule has 0 bridgehead atoms. The summed E-state index contributed by atoms with van der Waals surface area (Å²) in [6.45, 7) is 3.28. The zero-order valence-corrected chi connectivity index (χ0v) is 18.3. The van der Waals surface area contributed by atoms with Crippen LogP contribution in [0.2, 0.25) is 0 Å². The van der Waals surface area contributed by atoms with E-state index in [2.05, 4.69) is 4.90 Å². The van der Waals surface area contributed by atoms with Crippen molar-refractivity contribution in [2.75, 3.05) is 52.5 Å². The molecule has 30 heavy (non-hydrogen) atoms. The van der Waals surface area contributed by atoms with Crippen LogP contribution in [0.25, 0.3) is 0 Å². The summed E-state index contributed by atoms with van der Waals surface area (Å²) in [5.41, 5.74) is 0. The van der Waals surface area contributed by atoms with Gasteiger partial charge in [0.15, 0.2) is 0 Å². The molecule has 0 saturated carbocycles. The van der Waals surface area contributed by atoms with Crippen LogP contribution in [-0.2, 0) is 9.59 Å². The first kappa shape index (κ1) is 28.7. The maximum atomic E-state index is 10.6. The highest BCUT2D eigenvalue weighted by atomic mass is 16.4. The van der Waals surface area contributed by atoms with Crippen molar-refractivity contribution >= 4 is 11.9 Å². The summed E-state index contributed by atoms with van der Waals surface area (Å²) in [4.78, 5) is 25.2. The Hall–Kier alpha value is -1.26. The number of unbranched alkanes of at least 4 members (excludes halogenated alkanes) is 6. The van der Waals surface area contributed by atoms with Crippen LogP contribution in [0, 0.1) is 0 Å². The van der Waals surface area contributed by atoms with Gasteiger partial charge in [0, 0.05) is 39.0 Å². The Morgan fingerprint density at radius 1 is 0.600 bits per heavy atom. The summed E-state index contributed by atoms with van der Waals surface area (Å²) in [6.07, 6.45) is 6.66. The molecule has 0 saturated heterocycles. The highest BCUT2D eigenvalue weighted by Gasteiger charge is 2.15. The van der Waals surface area contributed by atoms with E-state index in [-0.39, 0.29) is 26.1 Å². The number of nitrogens with zero attached hydrogens (tertiary/aromatic N) is 2. The molecule has 0 aliphatic carbocycles. The fraction of sp³-hybridized carbons (Fsp3) is 0.905. The summed E-state index contributed by atoms with van der Waals surface area (Å²) >= 11 is 0. The summed E-state index contributed by atoms with van der Waals surface area (Å²) in [7, 11) is 0. The van der Waals surface area contributed by atoms with Crippen LogP contribution in [0.3, 0.4) is 0 Å². The van der Waals surface area contributed by atoms with E-state index < -0.39 is 18.0 Å². The third-order valence-electron chi connectivity index (χ3n) is 5.00. The Balaban J connectivity index is 4.35. The van der Waals surface area contributed by atoms with E-state index in [1.165, 1.54) is 0 Å². The number of hydrogen-bond donors (Lipinski definition) is 5. The van der Waals surface area contributed by atoms with E-state index in [1.807, 2.05) is 4.90 Å². The topological polar surface area (TPSA) is 142 Å². The molecule has 0 amide bonds. The third-order valence-corrected chi connectivity index (χ3v) is 5.00. The molecule has 0 spiro atoms. The van der Waals surface area contributed by atoms with Crippen LogP contribution in [-0.4, -0.2) is 106 Å². The second-order valence-electron chi connectivity index (χ2n) is 7.82. The number of carboxylic acid groups (broad SMARTS) is 2. The summed E-state index contributed by atoms with van der Waals surface area (Å²) in [6, 6.07) is 0. The van der Waals surface area contributed by atoms with Gasteiger partial charge in [-0.15, -0.1) is 0 Å². The largest absolute Gasteiger partial charge is 0.481 e. The monoisotopic (exact) mass is 434 g/mol. The number of aliphatic carboxylic acids is 2. The molecule has 1 unspecified atom stereocenters. The second kappa shape index (κ2) is 19.7. The normalized spacial score (nSPS) is 12.6. The highest BCUT2D eigenvalue weighted by Crippen LogP contribution is 2.09. The first-order valence-corrected chi connectivity index (χ1v) is 11.2. The van der Waals surface area contributed by atoms with Crippen LogP contribution in [0.15, 0.2) is 0 Å². The van der Waals surface area contributed by atoms with Crippen molar-refractivity contribution in [1.82, 2.24) is 9.80 Å². The van der Waals surface area contributed by atoms with E-state index in [4.69, 9.17) is 20.4 Å². The molecule has 9 heteroatoms. The zero-order valence-electron chi connectivity index (χ0n) is 18.3. The Kier molecular flexibility index (Phi) is 18.9. The van der Waals surface area contributed by atoms with Gasteiger partial charge in [0.25, 0.3) is 0 Å². The lowest BCUT2D eigenvalue weighted by Gasteiger charge is -2.28. The predicted octanol–water partition coefficient (Wildman–Crippen LogP) is 1.01. The Morgan fingerprint density at radius 2 is 0.967 bits per heavy atom. The summed E-state index contributed by atoms with van der Waals surface area (Å²) in [5, 5.41) is 46.1. The lowest BCUT2D eigenvalue weighted by atomic mass is 10.1.